The van der Waals surface area contributed by atoms with Crippen LogP contribution in [0.1, 0.15) is 59.9 Å². The van der Waals surface area contributed by atoms with Crippen molar-refractivity contribution >= 4 is 57.8 Å². The monoisotopic (exact) mass is 924 g/mol. The van der Waals surface area contributed by atoms with E-state index in [2.05, 4.69) is 13.8 Å². The van der Waals surface area contributed by atoms with Gasteiger partial charge in [-0.3, -0.25) is 0 Å². The molecule has 34 heavy (non-hydrogen) atoms. The summed E-state index contributed by atoms with van der Waals surface area (Å²) in [6.07, 6.45) is 1.41. The van der Waals surface area contributed by atoms with E-state index >= 15 is 0 Å². The van der Waals surface area contributed by atoms with E-state index < -0.39 is 62.2 Å². The first kappa shape index (κ1) is 32.6. The first-order chi connectivity index (χ1) is 15.9. The molecule has 2 atom stereocenters. The topological polar surface area (TPSA) is 77.5 Å². The Morgan fingerprint density at radius 1 is 0.941 bits per heavy atom. The number of halogens is 4. The molecular formula is C25H36I4O5-2. The Balaban J connectivity index is 2.78. The van der Waals surface area contributed by atoms with Gasteiger partial charge in [0, 0.05) is 0 Å². The second kappa shape index (κ2) is 17.2. The van der Waals surface area contributed by atoms with Gasteiger partial charge in [0.05, 0.1) is 0 Å². The van der Waals surface area contributed by atoms with Crippen molar-refractivity contribution in [2.24, 2.45) is 11.8 Å². The average Bonchev–Trinajstić information content (AvgIpc) is 2.75. The van der Waals surface area contributed by atoms with Crippen molar-refractivity contribution in [3.63, 3.8) is 0 Å². The number of carbonyl (C=O) groups is 4. The Kier molecular flexibility index (Phi) is 16.5. The molecule has 0 saturated heterocycles. The third-order valence-corrected chi connectivity index (χ3v) is 21.5. The maximum atomic E-state index is 13.2. The third-order valence-electron chi connectivity index (χ3n) is 4.57. The Bertz CT molecular complexity index is 811. The van der Waals surface area contributed by atoms with E-state index in [1.165, 1.54) is 0 Å². The number of ether oxygens (including phenoxy) is 1. The molecule has 0 fully saturated rings. The summed E-state index contributed by atoms with van der Waals surface area (Å²) in [5.41, 5.74) is 0.927. The molecule has 0 N–H and O–H groups in total. The van der Waals surface area contributed by atoms with E-state index in [1.54, 1.807) is 0 Å². The van der Waals surface area contributed by atoms with Crippen LogP contribution in [0.25, 0.3) is 0 Å². The SMILES string of the molecule is CC(C)CC([I-]C(=O)OCc1ccccc1)C(=O)[I-]CC(=O)I(C(C)C)C(CC(C)C)C(=O)I. The van der Waals surface area contributed by atoms with Crippen LogP contribution in [-0.2, 0) is 25.7 Å². The molecule has 5 nitrogen and oxygen atoms in total. The molecule has 0 aliphatic heterocycles. The third kappa shape index (κ3) is 12.7. The molecule has 0 aliphatic carbocycles. The summed E-state index contributed by atoms with van der Waals surface area (Å²) < 4.78 is 5.63. The van der Waals surface area contributed by atoms with E-state index in [-0.39, 0.29) is 33.7 Å². The van der Waals surface area contributed by atoms with Gasteiger partial charge in [-0.1, -0.05) is 0 Å². The van der Waals surface area contributed by atoms with Crippen molar-refractivity contribution in [2.45, 2.75) is 72.8 Å². The number of carbonyl (C=O) groups excluding carboxylic acids is 4. The fourth-order valence-corrected chi connectivity index (χ4v) is 20.4. The minimum absolute atomic E-state index is 0.0905. The van der Waals surface area contributed by atoms with Crippen LogP contribution in [0.3, 0.4) is 0 Å². The Morgan fingerprint density at radius 3 is 2.03 bits per heavy atom. The van der Waals surface area contributed by atoms with Gasteiger partial charge in [0.1, 0.15) is 0 Å². The quantitative estimate of drug-likeness (QED) is 0.135. The number of rotatable bonds is 16. The summed E-state index contributed by atoms with van der Waals surface area (Å²) >= 11 is -2.50. The molecular weight excluding hydrogens is 888 g/mol. The van der Waals surface area contributed by atoms with Crippen LogP contribution in [0, 0.1) is 11.8 Å². The molecule has 0 radical (unpaired) electrons. The Labute approximate surface area is 246 Å². The van der Waals surface area contributed by atoms with Gasteiger partial charge in [-0.2, -0.15) is 0 Å². The van der Waals surface area contributed by atoms with Gasteiger partial charge in [0.15, 0.2) is 0 Å². The molecule has 2 unspecified atom stereocenters. The van der Waals surface area contributed by atoms with Crippen molar-refractivity contribution in [1.29, 1.82) is 0 Å². The minimum atomic E-state index is -2.24. The van der Waals surface area contributed by atoms with Crippen LogP contribution in [0.15, 0.2) is 30.3 Å². The molecule has 9 heteroatoms. The van der Waals surface area contributed by atoms with E-state index in [4.69, 9.17) is 4.74 Å². The van der Waals surface area contributed by atoms with Crippen LogP contribution < -0.4 is 42.4 Å². The number of hydrogen-bond donors (Lipinski definition) is 0. The Morgan fingerprint density at radius 2 is 1.53 bits per heavy atom. The van der Waals surface area contributed by atoms with Crippen molar-refractivity contribution in [2.75, 3.05) is 4.43 Å². The summed E-state index contributed by atoms with van der Waals surface area (Å²) in [5.74, 6) is 0.648. The molecule has 0 aromatic heterocycles. The zero-order valence-corrected chi connectivity index (χ0v) is 29.3. The summed E-state index contributed by atoms with van der Waals surface area (Å²) in [4.78, 5) is 51.2. The van der Waals surface area contributed by atoms with Gasteiger partial charge in [-0.15, -0.1) is 0 Å². The fourth-order valence-electron chi connectivity index (χ4n) is 3.10. The molecule has 196 valence electrons. The van der Waals surface area contributed by atoms with Crippen LogP contribution in [-0.4, -0.2) is 31.5 Å². The summed E-state index contributed by atoms with van der Waals surface area (Å²) in [6, 6.07) is 9.52. The standard InChI is InChI=1S/C25H36I4O5/c1-16(2)12-20(28-25(33)34-15-19-10-8-7-9-11-19)24(32)27-14-22(30)29(18(5)6)21(23(26)31)13-17(3)4/h7-11,16-18,20-21H,12-15H2,1-6H3/q-2. The molecule has 0 spiro atoms. The van der Waals surface area contributed by atoms with Crippen molar-refractivity contribution in [3.8, 4) is 0 Å². The van der Waals surface area contributed by atoms with Crippen molar-refractivity contribution in [1.82, 2.24) is 0 Å². The zero-order valence-electron chi connectivity index (χ0n) is 20.7. The number of alkyl halides is 4. The number of hydrogen-bond acceptors (Lipinski definition) is 5. The van der Waals surface area contributed by atoms with Crippen LogP contribution >= 0.6 is 42.4 Å². The molecule has 1 aromatic carbocycles. The van der Waals surface area contributed by atoms with Gasteiger partial charge in [0.2, 0.25) is 0 Å². The van der Waals surface area contributed by atoms with Crippen LogP contribution in [0.2, 0.25) is 0 Å². The summed E-state index contributed by atoms with van der Waals surface area (Å²) in [7, 11) is 0. The second-order valence-corrected chi connectivity index (χ2v) is 22.7. The van der Waals surface area contributed by atoms with Gasteiger partial charge in [0.25, 0.3) is 0 Å². The molecule has 1 rings (SSSR count). The van der Waals surface area contributed by atoms with Gasteiger partial charge in [-0.25, -0.2) is 0 Å². The average molecular weight is 924 g/mol. The van der Waals surface area contributed by atoms with Crippen molar-refractivity contribution < 1.29 is 66.3 Å². The van der Waals surface area contributed by atoms with E-state index in [9.17, 15) is 19.2 Å². The van der Waals surface area contributed by atoms with Gasteiger partial charge in [-0.05, 0) is 0 Å². The van der Waals surface area contributed by atoms with Crippen LogP contribution in [0.5, 0.6) is 0 Å². The first-order valence-corrected chi connectivity index (χ1v) is 20.9. The second-order valence-electron chi connectivity index (χ2n) is 8.90. The zero-order chi connectivity index (χ0) is 25.8. The predicted octanol–water partition coefficient (Wildman–Crippen LogP) is 0.260. The molecule has 1 aromatic rings. The fraction of sp³-hybridized carbons (Fsp3) is 0.600. The van der Waals surface area contributed by atoms with Gasteiger partial charge < -0.3 is 0 Å². The van der Waals surface area contributed by atoms with Crippen molar-refractivity contribution in [3.05, 3.63) is 35.9 Å². The molecule has 0 saturated carbocycles. The molecule has 0 aliphatic rings. The molecule has 0 heterocycles. The predicted molar refractivity (Wildman–Crippen MR) is 146 cm³/mol. The summed E-state index contributed by atoms with van der Waals surface area (Å²) in [5, 5.41) is 0. The van der Waals surface area contributed by atoms with Crippen LogP contribution in [0.4, 0.5) is 4.79 Å². The maximum absolute atomic E-state index is 13.2. The molecule has 0 amide bonds. The Hall–Kier alpha value is 0.620. The first-order valence-electron chi connectivity index (χ1n) is 11.3. The van der Waals surface area contributed by atoms with E-state index in [0.29, 0.717) is 22.7 Å². The van der Waals surface area contributed by atoms with E-state index in [0.717, 1.165) is 12.0 Å². The summed E-state index contributed by atoms with van der Waals surface area (Å²) in [6.45, 7) is 12.6. The van der Waals surface area contributed by atoms with E-state index in [1.807, 2.05) is 80.6 Å². The molecule has 0 bridgehead atoms. The normalized spacial score (nSPS) is 13.9. The van der Waals surface area contributed by atoms with Gasteiger partial charge >= 0.3 is 249 Å². The number of benzene rings is 1.